The van der Waals surface area contributed by atoms with Crippen molar-refractivity contribution in [2.75, 3.05) is 6.61 Å². The van der Waals surface area contributed by atoms with E-state index >= 15 is 0 Å². The number of aromatic nitrogens is 2. The van der Waals surface area contributed by atoms with Crippen molar-refractivity contribution in [3.8, 4) is 0 Å². The van der Waals surface area contributed by atoms with Gasteiger partial charge in [0.2, 0.25) is 0 Å². The fraction of sp³-hybridized carbons (Fsp3) is 0.333. The summed E-state index contributed by atoms with van der Waals surface area (Å²) in [5.41, 5.74) is 2.42. The molecule has 1 aromatic heterocycles. The van der Waals surface area contributed by atoms with Crippen LogP contribution in [-0.2, 0) is 13.5 Å². The number of nitrogens with zero attached hydrogens (tertiary/aromatic N) is 2. The van der Waals surface area contributed by atoms with Crippen molar-refractivity contribution in [3.63, 3.8) is 0 Å². The lowest BCUT2D eigenvalue weighted by Crippen LogP contribution is -2.39. The highest BCUT2D eigenvalue weighted by Crippen LogP contribution is 2.07. The van der Waals surface area contributed by atoms with Crippen molar-refractivity contribution in [1.29, 1.82) is 0 Å². The molecule has 1 unspecified atom stereocenters. The van der Waals surface area contributed by atoms with Crippen molar-refractivity contribution >= 4 is 5.91 Å². The fourth-order valence-corrected chi connectivity index (χ4v) is 2.04. The van der Waals surface area contributed by atoms with Crippen LogP contribution in [0.4, 0.5) is 0 Å². The number of aliphatic hydroxyl groups is 1. The first-order chi connectivity index (χ1) is 9.61. The van der Waals surface area contributed by atoms with Crippen LogP contribution in [0, 0.1) is 6.92 Å². The van der Waals surface area contributed by atoms with Gasteiger partial charge < -0.3 is 10.4 Å². The molecule has 5 nitrogen and oxygen atoms in total. The molecule has 0 fully saturated rings. The maximum Gasteiger partial charge on any atom is 0.255 e. The second-order valence-electron chi connectivity index (χ2n) is 4.81. The number of carbonyl (C=O) groups excluding carboxylic acids is 1. The Balaban J connectivity index is 2.03. The Morgan fingerprint density at radius 3 is 2.65 bits per heavy atom. The van der Waals surface area contributed by atoms with Gasteiger partial charge in [-0.05, 0) is 18.9 Å². The normalized spacial score (nSPS) is 12.2. The van der Waals surface area contributed by atoms with Crippen LogP contribution in [0.1, 0.15) is 21.6 Å². The van der Waals surface area contributed by atoms with Gasteiger partial charge in [0.05, 0.1) is 24.4 Å². The molecule has 0 bridgehead atoms. The molecule has 1 heterocycles. The highest BCUT2D eigenvalue weighted by atomic mass is 16.3. The molecule has 0 aliphatic carbocycles. The number of benzene rings is 1. The number of hydrogen-bond donors (Lipinski definition) is 2. The Morgan fingerprint density at radius 2 is 2.10 bits per heavy atom. The van der Waals surface area contributed by atoms with Gasteiger partial charge in [-0.15, -0.1) is 0 Å². The average Bonchev–Trinajstić information content (AvgIpc) is 2.79. The molecule has 0 saturated heterocycles. The van der Waals surface area contributed by atoms with E-state index in [4.69, 9.17) is 0 Å². The van der Waals surface area contributed by atoms with Gasteiger partial charge in [0.25, 0.3) is 5.91 Å². The quantitative estimate of drug-likeness (QED) is 0.856. The van der Waals surface area contributed by atoms with Gasteiger partial charge in [0.15, 0.2) is 0 Å². The molecule has 0 saturated carbocycles. The summed E-state index contributed by atoms with van der Waals surface area (Å²) >= 11 is 0. The maximum atomic E-state index is 12.2. The number of hydrogen-bond acceptors (Lipinski definition) is 3. The lowest BCUT2D eigenvalue weighted by atomic mass is 10.1. The zero-order valence-electron chi connectivity index (χ0n) is 11.7. The van der Waals surface area contributed by atoms with Crippen LogP contribution < -0.4 is 5.32 Å². The van der Waals surface area contributed by atoms with Crippen LogP contribution >= 0.6 is 0 Å². The van der Waals surface area contributed by atoms with E-state index in [-0.39, 0.29) is 18.6 Å². The predicted molar refractivity (Wildman–Crippen MR) is 76.4 cm³/mol. The minimum atomic E-state index is -0.301. The van der Waals surface area contributed by atoms with E-state index in [1.54, 1.807) is 17.9 Å². The van der Waals surface area contributed by atoms with Gasteiger partial charge in [-0.25, -0.2) is 0 Å². The Morgan fingerprint density at radius 1 is 1.40 bits per heavy atom. The summed E-state index contributed by atoms with van der Waals surface area (Å²) in [6.45, 7) is 1.74. The van der Waals surface area contributed by atoms with Crippen molar-refractivity contribution in [2.24, 2.45) is 7.05 Å². The van der Waals surface area contributed by atoms with E-state index < -0.39 is 0 Å². The highest BCUT2D eigenvalue weighted by Gasteiger charge is 2.17. The van der Waals surface area contributed by atoms with Crippen LogP contribution in [-0.4, -0.2) is 33.4 Å². The van der Waals surface area contributed by atoms with E-state index in [9.17, 15) is 9.90 Å². The molecule has 5 heteroatoms. The molecule has 2 aromatic rings. The molecule has 2 rings (SSSR count). The van der Waals surface area contributed by atoms with Crippen molar-refractivity contribution in [2.45, 2.75) is 19.4 Å². The third-order valence-electron chi connectivity index (χ3n) is 3.36. The van der Waals surface area contributed by atoms with Crippen LogP contribution in [0.2, 0.25) is 0 Å². The molecule has 1 amide bonds. The average molecular weight is 273 g/mol. The van der Waals surface area contributed by atoms with Gasteiger partial charge in [-0.3, -0.25) is 9.48 Å². The smallest absolute Gasteiger partial charge is 0.255 e. The lowest BCUT2D eigenvalue weighted by Gasteiger charge is -2.16. The predicted octanol–water partition coefficient (Wildman–Crippen LogP) is 1.06. The highest BCUT2D eigenvalue weighted by molar-refractivity contribution is 5.95. The monoisotopic (exact) mass is 273 g/mol. The first-order valence-electron chi connectivity index (χ1n) is 6.56. The zero-order chi connectivity index (χ0) is 14.5. The number of carbonyl (C=O) groups is 1. The fourth-order valence-electron chi connectivity index (χ4n) is 2.04. The molecule has 0 aliphatic heterocycles. The molecule has 2 N–H and O–H groups in total. The molecule has 1 atom stereocenters. The first kappa shape index (κ1) is 14.3. The molecule has 1 aromatic carbocycles. The van der Waals surface area contributed by atoms with Crippen LogP contribution in [0.5, 0.6) is 0 Å². The van der Waals surface area contributed by atoms with E-state index in [0.29, 0.717) is 12.0 Å². The Kier molecular flexibility index (Phi) is 4.53. The van der Waals surface area contributed by atoms with Gasteiger partial charge in [0, 0.05) is 12.7 Å². The number of aliphatic hydroxyl groups excluding tert-OH is 1. The molecule has 0 aliphatic rings. The zero-order valence-corrected chi connectivity index (χ0v) is 11.7. The molecular formula is C15H19N3O2. The van der Waals surface area contributed by atoms with Gasteiger partial charge in [-0.2, -0.15) is 5.10 Å². The molecule has 0 spiro atoms. The Labute approximate surface area is 118 Å². The van der Waals surface area contributed by atoms with Crippen molar-refractivity contribution < 1.29 is 9.90 Å². The summed E-state index contributed by atoms with van der Waals surface area (Å²) in [4.78, 5) is 12.2. The Bertz CT molecular complexity index is 578. The minimum Gasteiger partial charge on any atom is -0.394 e. The van der Waals surface area contributed by atoms with Crippen LogP contribution in [0.15, 0.2) is 36.5 Å². The van der Waals surface area contributed by atoms with E-state index in [2.05, 4.69) is 10.4 Å². The largest absolute Gasteiger partial charge is 0.394 e. The number of aryl methyl sites for hydroxylation is 1. The van der Waals surface area contributed by atoms with Gasteiger partial charge >= 0.3 is 0 Å². The summed E-state index contributed by atoms with van der Waals surface area (Å²) in [5, 5.41) is 16.3. The minimum absolute atomic E-state index is 0.0973. The van der Waals surface area contributed by atoms with E-state index in [0.717, 1.165) is 11.3 Å². The molecule has 0 radical (unpaired) electrons. The number of amides is 1. The topological polar surface area (TPSA) is 67.2 Å². The summed E-state index contributed by atoms with van der Waals surface area (Å²) in [7, 11) is 1.79. The van der Waals surface area contributed by atoms with Crippen molar-refractivity contribution in [1.82, 2.24) is 15.1 Å². The number of nitrogens with one attached hydrogen (secondary N) is 1. The van der Waals surface area contributed by atoms with Gasteiger partial charge in [0.1, 0.15) is 0 Å². The van der Waals surface area contributed by atoms with Crippen LogP contribution in [0.3, 0.4) is 0 Å². The Hall–Kier alpha value is -2.14. The van der Waals surface area contributed by atoms with Crippen LogP contribution in [0.25, 0.3) is 0 Å². The van der Waals surface area contributed by atoms with E-state index in [1.807, 2.05) is 37.3 Å². The third kappa shape index (κ3) is 3.24. The first-order valence-corrected chi connectivity index (χ1v) is 6.56. The van der Waals surface area contributed by atoms with E-state index in [1.165, 1.54) is 0 Å². The molecule has 20 heavy (non-hydrogen) atoms. The second kappa shape index (κ2) is 6.34. The standard InChI is InChI=1S/C15H19N3O2/c1-11-14(9-16-18(11)2)15(20)17-13(10-19)8-12-6-4-3-5-7-12/h3-7,9,13,19H,8,10H2,1-2H3,(H,17,20). The second-order valence-corrected chi connectivity index (χ2v) is 4.81. The third-order valence-corrected chi connectivity index (χ3v) is 3.36. The summed E-state index contributed by atoms with van der Waals surface area (Å²) < 4.78 is 1.65. The molecule has 106 valence electrons. The number of rotatable bonds is 5. The summed E-state index contributed by atoms with van der Waals surface area (Å²) in [6.07, 6.45) is 2.14. The molecular weight excluding hydrogens is 254 g/mol. The van der Waals surface area contributed by atoms with Gasteiger partial charge in [-0.1, -0.05) is 30.3 Å². The summed E-state index contributed by atoms with van der Waals surface area (Å²) in [5.74, 6) is -0.203. The maximum absolute atomic E-state index is 12.2. The lowest BCUT2D eigenvalue weighted by molar-refractivity contribution is 0.0915. The van der Waals surface area contributed by atoms with Crippen molar-refractivity contribution in [3.05, 3.63) is 53.3 Å². The SMILES string of the molecule is Cc1c(C(=O)NC(CO)Cc2ccccc2)cnn1C. The summed E-state index contributed by atoms with van der Waals surface area (Å²) in [6, 6.07) is 9.47.